The molecule has 0 saturated carbocycles. The molecule has 11 nitrogen and oxygen atoms in total. The summed E-state index contributed by atoms with van der Waals surface area (Å²) in [6, 6.07) is 0. The number of esters is 2. The number of ether oxygens (including phenoxy) is 3. The van der Waals surface area contributed by atoms with Crippen LogP contribution < -0.4 is 11.0 Å². The highest BCUT2D eigenvalue weighted by atomic mass is 16.6. The second-order valence-corrected chi connectivity index (χ2v) is 5.22. The maximum absolute atomic E-state index is 11.9. The van der Waals surface area contributed by atoms with Crippen LogP contribution in [0.1, 0.15) is 33.4 Å². The molecule has 1 aromatic heterocycles. The second kappa shape index (κ2) is 7.25. The van der Waals surface area contributed by atoms with Gasteiger partial charge in [0.2, 0.25) is 11.9 Å². The van der Waals surface area contributed by atoms with Gasteiger partial charge in [-0.05, 0) is 0 Å². The third-order valence-corrected chi connectivity index (χ3v) is 3.16. The van der Waals surface area contributed by atoms with E-state index in [1.807, 2.05) is 0 Å². The van der Waals surface area contributed by atoms with Crippen LogP contribution >= 0.6 is 0 Å². The molecule has 0 aromatic carbocycles. The van der Waals surface area contributed by atoms with Crippen LogP contribution in [0, 0.1) is 0 Å². The Morgan fingerprint density at radius 1 is 1.33 bits per heavy atom. The molecule has 1 amide bonds. The topological polar surface area (TPSA) is 142 Å². The van der Waals surface area contributed by atoms with Gasteiger partial charge in [-0.25, -0.2) is 4.79 Å². The summed E-state index contributed by atoms with van der Waals surface area (Å²) in [5, 5.41) is 6.27. The molecule has 0 radical (unpaired) electrons. The van der Waals surface area contributed by atoms with Gasteiger partial charge in [-0.1, -0.05) is 0 Å². The molecule has 1 aliphatic heterocycles. The smallest absolute Gasteiger partial charge is 0.347 e. The van der Waals surface area contributed by atoms with Crippen molar-refractivity contribution in [2.75, 3.05) is 11.9 Å². The molecule has 0 spiro atoms. The molecule has 0 bridgehead atoms. The van der Waals surface area contributed by atoms with Gasteiger partial charge >= 0.3 is 17.6 Å². The van der Waals surface area contributed by atoms with E-state index in [2.05, 4.69) is 15.4 Å². The lowest BCUT2D eigenvalue weighted by molar-refractivity contribution is -0.155. The standard InChI is InChI=1S/C13H18N4O7/c1-6(18)14-12-15-13(21)17(16-12)11-4-9(23-8(3)20)10(24-11)5-22-7(2)19/h9-11H,4-5H2,1-3H3,(H2,14,15,16,18,21)/t9-,10+,11+/m0/s1. The van der Waals surface area contributed by atoms with Gasteiger partial charge in [-0.3, -0.25) is 24.7 Å². The molecule has 0 aliphatic carbocycles. The molecule has 1 aromatic rings. The molecule has 0 unspecified atom stereocenters. The molecule has 1 aliphatic rings. The Labute approximate surface area is 136 Å². The maximum Gasteiger partial charge on any atom is 0.347 e. The number of carbonyl (C=O) groups excluding carboxylic acids is 3. The Kier molecular flexibility index (Phi) is 5.34. The fourth-order valence-electron chi connectivity index (χ4n) is 2.29. The van der Waals surface area contributed by atoms with Gasteiger partial charge in [-0.15, -0.1) is 5.10 Å². The maximum atomic E-state index is 11.9. The number of nitrogens with one attached hydrogen (secondary N) is 2. The number of aromatic nitrogens is 3. The van der Waals surface area contributed by atoms with Gasteiger partial charge in [0, 0.05) is 27.2 Å². The summed E-state index contributed by atoms with van der Waals surface area (Å²) in [6.07, 6.45) is -2.10. The quantitative estimate of drug-likeness (QED) is 0.670. The average Bonchev–Trinajstić information content (AvgIpc) is 2.98. The first-order valence-corrected chi connectivity index (χ1v) is 7.18. The largest absolute Gasteiger partial charge is 0.463 e. The van der Waals surface area contributed by atoms with Crippen molar-refractivity contribution in [1.29, 1.82) is 0 Å². The fourth-order valence-corrected chi connectivity index (χ4v) is 2.29. The van der Waals surface area contributed by atoms with E-state index in [1.54, 1.807) is 0 Å². The number of hydrogen-bond acceptors (Lipinski definition) is 8. The predicted molar refractivity (Wildman–Crippen MR) is 77.9 cm³/mol. The molecule has 3 atom stereocenters. The summed E-state index contributed by atoms with van der Waals surface area (Å²) in [4.78, 5) is 47.4. The van der Waals surface area contributed by atoms with Crippen molar-refractivity contribution in [3.63, 3.8) is 0 Å². The molecule has 2 N–H and O–H groups in total. The molecular weight excluding hydrogens is 324 g/mol. The Morgan fingerprint density at radius 3 is 2.62 bits per heavy atom. The normalized spacial score (nSPS) is 22.9. The van der Waals surface area contributed by atoms with Crippen molar-refractivity contribution in [3.05, 3.63) is 10.5 Å². The highest BCUT2D eigenvalue weighted by Crippen LogP contribution is 2.30. The molecule has 1 fully saturated rings. The number of nitrogens with zero attached hydrogens (tertiary/aromatic N) is 2. The van der Waals surface area contributed by atoms with Crippen molar-refractivity contribution in [2.45, 2.75) is 45.6 Å². The summed E-state index contributed by atoms with van der Waals surface area (Å²) in [5.74, 6) is -1.45. The summed E-state index contributed by atoms with van der Waals surface area (Å²) in [5.41, 5.74) is -0.599. The van der Waals surface area contributed by atoms with Gasteiger partial charge in [0.15, 0.2) is 6.23 Å². The van der Waals surface area contributed by atoms with Crippen LogP contribution in [-0.2, 0) is 28.6 Å². The zero-order chi connectivity index (χ0) is 17.9. The van der Waals surface area contributed by atoms with Gasteiger partial charge < -0.3 is 14.2 Å². The number of carbonyl (C=O) groups is 3. The third-order valence-electron chi connectivity index (χ3n) is 3.16. The monoisotopic (exact) mass is 342 g/mol. The second-order valence-electron chi connectivity index (χ2n) is 5.22. The molecule has 11 heteroatoms. The minimum Gasteiger partial charge on any atom is -0.463 e. The Morgan fingerprint density at radius 2 is 2.04 bits per heavy atom. The number of H-pyrrole nitrogens is 1. The minimum absolute atomic E-state index is 0.0245. The summed E-state index contributed by atoms with van der Waals surface area (Å²) >= 11 is 0. The molecule has 2 heterocycles. The Balaban J connectivity index is 2.14. The van der Waals surface area contributed by atoms with E-state index in [0.29, 0.717) is 0 Å². The summed E-state index contributed by atoms with van der Waals surface area (Å²) in [7, 11) is 0. The average molecular weight is 342 g/mol. The van der Waals surface area contributed by atoms with Gasteiger partial charge in [-0.2, -0.15) is 4.68 Å². The van der Waals surface area contributed by atoms with Gasteiger partial charge in [0.25, 0.3) is 0 Å². The number of rotatable bonds is 5. The fraction of sp³-hybridized carbons (Fsp3) is 0.615. The van der Waals surface area contributed by atoms with E-state index in [1.165, 1.54) is 20.8 Å². The Hall–Kier alpha value is -2.69. The van der Waals surface area contributed by atoms with E-state index in [9.17, 15) is 19.2 Å². The summed E-state index contributed by atoms with van der Waals surface area (Å²) < 4.78 is 16.6. The highest BCUT2D eigenvalue weighted by molar-refractivity contribution is 5.86. The van der Waals surface area contributed by atoms with E-state index in [0.717, 1.165) is 4.68 Å². The highest BCUT2D eigenvalue weighted by Gasteiger charge is 2.40. The lowest BCUT2D eigenvalue weighted by Gasteiger charge is -2.17. The van der Waals surface area contributed by atoms with Crippen molar-refractivity contribution in [3.8, 4) is 0 Å². The van der Waals surface area contributed by atoms with E-state index in [4.69, 9.17) is 14.2 Å². The molecule has 132 valence electrons. The SMILES string of the molecule is CC(=O)Nc1nn([C@H]2C[C@H](OC(C)=O)[C@@H](COC(C)=O)O2)c(=O)[nH]1. The predicted octanol–water partition coefficient (Wildman–Crippen LogP) is -0.688. The van der Waals surface area contributed by atoms with E-state index < -0.39 is 42.0 Å². The van der Waals surface area contributed by atoms with Crippen LogP contribution in [0.4, 0.5) is 5.95 Å². The Bertz CT molecular complexity index is 695. The van der Waals surface area contributed by atoms with E-state index >= 15 is 0 Å². The minimum atomic E-state index is -0.832. The van der Waals surface area contributed by atoms with Crippen LogP contribution in [0.3, 0.4) is 0 Å². The molecular formula is C13H18N4O7. The van der Waals surface area contributed by atoms with Crippen LogP contribution in [0.2, 0.25) is 0 Å². The van der Waals surface area contributed by atoms with Crippen LogP contribution in [0.15, 0.2) is 4.79 Å². The molecule has 2 rings (SSSR count). The van der Waals surface area contributed by atoms with Crippen LogP contribution in [0.25, 0.3) is 0 Å². The number of hydrogen-bond donors (Lipinski definition) is 2. The first kappa shape index (κ1) is 17.7. The zero-order valence-electron chi connectivity index (χ0n) is 13.4. The molecule has 1 saturated heterocycles. The number of anilines is 1. The zero-order valence-corrected chi connectivity index (χ0v) is 13.4. The first-order chi connectivity index (χ1) is 11.3. The lowest BCUT2D eigenvalue weighted by Crippen LogP contribution is -2.31. The number of aromatic amines is 1. The van der Waals surface area contributed by atoms with Crippen molar-refractivity contribution in [2.24, 2.45) is 0 Å². The van der Waals surface area contributed by atoms with Gasteiger partial charge in [0.1, 0.15) is 18.8 Å². The lowest BCUT2D eigenvalue weighted by atomic mass is 10.2. The van der Waals surface area contributed by atoms with E-state index in [-0.39, 0.29) is 19.0 Å². The first-order valence-electron chi connectivity index (χ1n) is 7.18. The summed E-state index contributed by atoms with van der Waals surface area (Å²) in [6.45, 7) is 3.63. The third kappa shape index (κ3) is 4.41. The van der Waals surface area contributed by atoms with Crippen LogP contribution in [-0.4, -0.2) is 51.4 Å². The molecule has 24 heavy (non-hydrogen) atoms. The van der Waals surface area contributed by atoms with Crippen molar-refractivity contribution >= 4 is 23.8 Å². The van der Waals surface area contributed by atoms with Crippen LogP contribution in [0.5, 0.6) is 0 Å². The van der Waals surface area contributed by atoms with Gasteiger partial charge in [0.05, 0.1) is 0 Å². The van der Waals surface area contributed by atoms with Crippen molar-refractivity contribution in [1.82, 2.24) is 14.8 Å². The van der Waals surface area contributed by atoms with Crippen molar-refractivity contribution < 1.29 is 28.6 Å². The number of amides is 1.